The van der Waals surface area contributed by atoms with Crippen LogP contribution < -0.4 is 5.73 Å². The molecule has 0 aromatic heterocycles. The highest BCUT2D eigenvalue weighted by Gasteiger charge is 2.50. The first-order valence-corrected chi connectivity index (χ1v) is 10.5. The van der Waals surface area contributed by atoms with Gasteiger partial charge in [-0.05, 0) is 69.8 Å². The number of nitrogen functional groups attached to an aromatic ring is 1. The molecule has 1 spiro atoms. The largest absolute Gasteiger partial charge is 0.399 e. The van der Waals surface area contributed by atoms with E-state index in [0.717, 1.165) is 10.7 Å². The molecule has 0 atom stereocenters. The van der Waals surface area contributed by atoms with Crippen LogP contribution in [0.3, 0.4) is 0 Å². The van der Waals surface area contributed by atoms with E-state index in [9.17, 15) is 0 Å². The molecule has 3 heteroatoms. The summed E-state index contributed by atoms with van der Waals surface area (Å²) in [6, 6.07) is 30.0. The molecular formula is C25H16ClNS. The Labute approximate surface area is 173 Å². The standard InChI is InChI=1S/C25H16ClNS/c26-15-9-11-23-21(13-15)25(22-14-16(27)10-12-24(22)28-23)19-7-3-1-5-17(19)18-6-2-4-8-20(18)25/h1-14H,27H2. The molecule has 134 valence electrons. The van der Waals surface area contributed by atoms with E-state index in [0.29, 0.717) is 0 Å². The zero-order valence-corrected chi connectivity index (χ0v) is 16.5. The zero-order valence-electron chi connectivity index (χ0n) is 14.9. The lowest BCUT2D eigenvalue weighted by molar-refractivity contribution is 0.723. The Morgan fingerprint density at radius 3 is 1.89 bits per heavy atom. The predicted octanol–water partition coefficient (Wildman–Crippen LogP) is 6.75. The van der Waals surface area contributed by atoms with Crippen LogP contribution in [-0.2, 0) is 5.41 Å². The third kappa shape index (κ3) is 1.94. The molecule has 1 heterocycles. The van der Waals surface area contributed by atoms with Gasteiger partial charge in [0.25, 0.3) is 0 Å². The number of hydrogen-bond acceptors (Lipinski definition) is 2. The number of hydrogen-bond donors (Lipinski definition) is 1. The number of benzene rings is 4. The summed E-state index contributed by atoms with van der Waals surface area (Å²) in [4.78, 5) is 2.49. The van der Waals surface area contributed by atoms with Crippen LogP contribution in [0.5, 0.6) is 0 Å². The van der Waals surface area contributed by atoms with Crippen molar-refractivity contribution in [3.05, 3.63) is 112 Å². The van der Waals surface area contributed by atoms with Crippen LogP contribution in [0.25, 0.3) is 11.1 Å². The lowest BCUT2D eigenvalue weighted by Gasteiger charge is -2.39. The van der Waals surface area contributed by atoms with Crippen LogP contribution >= 0.6 is 23.4 Å². The third-order valence-corrected chi connectivity index (χ3v) is 7.31. The average Bonchev–Trinajstić information content (AvgIpc) is 3.01. The van der Waals surface area contributed by atoms with Crippen molar-refractivity contribution in [3.63, 3.8) is 0 Å². The Morgan fingerprint density at radius 2 is 1.21 bits per heavy atom. The predicted molar refractivity (Wildman–Crippen MR) is 117 cm³/mol. The summed E-state index contributed by atoms with van der Waals surface area (Å²) in [7, 11) is 0. The van der Waals surface area contributed by atoms with Crippen LogP contribution in [0.15, 0.2) is 94.7 Å². The van der Waals surface area contributed by atoms with Crippen molar-refractivity contribution in [2.24, 2.45) is 0 Å². The molecule has 0 unspecified atom stereocenters. The molecule has 0 amide bonds. The second-order valence-corrected chi connectivity index (χ2v) is 8.86. The highest BCUT2D eigenvalue weighted by molar-refractivity contribution is 7.99. The molecule has 4 aromatic rings. The zero-order chi connectivity index (χ0) is 18.9. The van der Waals surface area contributed by atoms with Crippen LogP contribution in [0, 0.1) is 0 Å². The van der Waals surface area contributed by atoms with Gasteiger partial charge in [0.1, 0.15) is 0 Å². The minimum atomic E-state index is -0.399. The molecule has 0 bridgehead atoms. The summed E-state index contributed by atoms with van der Waals surface area (Å²) in [5.41, 5.74) is 14.3. The molecule has 4 aromatic carbocycles. The molecule has 28 heavy (non-hydrogen) atoms. The van der Waals surface area contributed by atoms with Gasteiger partial charge in [-0.1, -0.05) is 71.9 Å². The molecule has 0 fully saturated rings. The maximum absolute atomic E-state index is 6.52. The van der Waals surface area contributed by atoms with Gasteiger partial charge in [-0.2, -0.15) is 0 Å². The topological polar surface area (TPSA) is 26.0 Å². The smallest absolute Gasteiger partial charge is 0.0736 e. The maximum Gasteiger partial charge on any atom is 0.0736 e. The fourth-order valence-electron chi connectivity index (χ4n) is 4.89. The van der Waals surface area contributed by atoms with Gasteiger partial charge in [0.05, 0.1) is 5.41 Å². The summed E-state index contributed by atoms with van der Waals surface area (Å²) in [5.74, 6) is 0. The number of halogens is 1. The molecule has 0 saturated carbocycles. The molecule has 2 aliphatic rings. The summed E-state index contributed by atoms with van der Waals surface area (Å²) in [6.07, 6.45) is 0. The van der Waals surface area contributed by atoms with E-state index in [2.05, 4.69) is 72.8 Å². The molecule has 2 N–H and O–H groups in total. The van der Waals surface area contributed by atoms with Gasteiger partial charge in [0, 0.05) is 20.5 Å². The van der Waals surface area contributed by atoms with Crippen molar-refractivity contribution in [1.82, 2.24) is 0 Å². The first kappa shape index (κ1) is 16.3. The van der Waals surface area contributed by atoms with E-state index >= 15 is 0 Å². The summed E-state index contributed by atoms with van der Waals surface area (Å²) >= 11 is 8.31. The summed E-state index contributed by atoms with van der Waals surface area (Å²) < 4.78 is 0. The Morgan fingerprint density at radius 1 is 0.643 bits per heavy atom. The number of anilines is 1. The number of nitrogens with two attached hydrogens (primary N) is 1. The lowest BCUT2D eigenvalue weighted by atomic mass is 9.67. The Kier molecular flexibility index (Phi) is 3.30. The van der Waals surface area contributed by atoms with E-state index in [4.69, 9.17) is 17.3 Å². The van der Waals surface area contributed by atoms with Crippen molar-refractivity contribution in [3.8, 4) is 11.1 Å². The van der Waals surface area contributed by atoms with Gasteiger partial charge in [-0.15, -0.1) is 0 Å². The molecule has 6 rings (SSSR count). The first-order valence-electron chi connectivity index (χ1n) is 9.27. The van der Waals surface area contributed by atoms with E-state index < -0.39 is 5.41 Å². The first-order chi connectivity index (χ1) is 13.7. The summed E-state index contributed by atoms with van der Waals surface area (Å²) in [5, 5.41) is 0.757. The Hall–Kier alpha value is -2.68. The summed E-state index contributed by atoms with van der Waals surface area (Å²) in [6.45, 7) is 0. The Balaban J connectivity index is 1.86. The van der Waals surface area contributed by atoms with Crippen LogP contribution in [0.1, 0.15) is 22.3 Å². The monoisotopic (exact) mass is 397 g/mol. The minimum Gasteiger partial charge on any atom is -0.399 e. The SMILES string of the molecule is Nc1ccc2c(c1)C1(c3cc(Cl)ccc3S2)c2ccccc2-c2ccccc21. The van der Waals surface area contributed by atoms with Crippen molar-refractivity contribution < 1.29 is 0 Å². The van der Waals surface area contributed by atoms with Crippen molar-refractivity contribution in [2.75, 3.05) is 5.73 Å². The van der Waals surface area contributed by atoms with Crippen LogP contribution in [0.4, 0.5) is 5.69 Å². The van der Waals surface area contributed by atoms with Gasteiger partial charge in [0.15, 0.2) is 0 Å². The number of fused-ring (bicyclic) bond motifs is 9. The van der Waals surface area contributed by atoms with Gasteiger partial charge in [-0.3, -0.25) is 0 Å². The quantitative estimate of drug-likeness (QED) is 0.287. The Bertz CT molecular complexity index is 1180. The second kappa shape index (κ2) is 5.66. The van der Waals surface area contributed by atoms with Crippen LogP contribution in [0.2, 0.25) is 5.02 Å². The molecule has 0 radical (unpaired) electrons. The second-order valence-electron chi connectivity index (χ2n) is 7.34. The van der Waals surface area contributed by atoms with E-state index in [1.165, 1.54) is 43.2 Å². The lowest BCUT2D eigenvalue weighted by Crippen LogP contribution is -2.32. The third-order valence-electron chi connectivity index (χ3n) is 5.93. The molecule has 1 nitrogen and oxygen atoms in total. The number of rotatable bonds is 0. The van der Waals surface area contributed by atoms with Crippen molar-refractivity contribution >= 4 is 29.1 Å². The van der Waals surface area contributed by atoms with Gasteiger partial charge >= 0.3 is 0 Å². The van der Waals surface area contributed by atoms with Gasteiger partial charge in [0.2, 0.25) is 0 Å². The van der Waals surface area contributed by atoms with E-state index in [1.807, 2.05) is 12.1 Å². The maximum atomic E-state index is 6.52. The van der Waals surface area contributed by atoms with Gasteiger partial charge in [-0.25, -0.2) is 0 Å². The molecule has 1 aliphatic heterocycles. The highest BCUT2D eigenvalue weighted by Crippen LogP contribution is 2.62. The molecule has 1 aliphatic carbocycles. The fourth-order valence-corrected chi connectivity index (χ4v) is 6.22. The average molecular weight is 398 g/mol. The van der Waals surface area contributed by atoms with Crippen molar-refractivity contribution in [1.29, 1.82) is 0 Å². The molecule has 0 saturated heterocycles. The van der Waals surface area contributed by atoms with Crippen molar-refractivity contribution in [2.45, 2.75) is 15.2 Å². The van der Waals surface area contributed by atoms with Gasteiger partial charge < -0.3 is 5.73 Å². The van der Waals surface area contributed by atoms with E-state index in [-0.39, 0.29) is 0 Å². The highest BCUT2D eigenvalue weighted by atomic mass is 35.5. The fraction of sp³-hybridized carbons (Fsp3) is 0.0400. The molecular weight excluding hydrogens is 382 g/mol. The van der Waals surface area contributed by atoms with E-state index in [1.54, 1.807) is 11.8 Å². The van der Waals surface area contributed by atoms with Crippen LogP contribution in [-0.4, -0.2) is 0 Å². The minimum absolute atomic E-state index is 0.399. The normalized spacial score (nSPS) is 14.9.